The molecule has 0 aromatic heterocycles. The molecule has 4 nitrogen and oxygen atoms in total. The van der Waals surface area contributed by atoms with Crippen LogP contribution in [-0.4, -0.2) is 23.8 Å². The number of carboxylic acids is 1. The van der Waals surface area contributed by atoms with Crippen LogP contribution in [0.5, 0.6) is 0 Å². The van der Waals surface area contributed by atoms with Crippen LogP contribution in [0.1, 0.15) is 6.92 Å². The number of rotatable bonds is 5. The summed E-state index contributed by atoms with van der Waals surface area (Å²) in [7, 11) is -1.71. The summed E-state index contributed by atoms with van der Waals surface area (Å²) < 4.78 is 15.4. The van der Waals surface area contributed by atoms with E-state index in [0.29, 0.717) is 6.61 Å². The van der Waals surface area contributed by atoms with Crippen molar-refractivity contribution >= 4 is 14.0 Å². The maximum Gasteiger partial charge on any atom is 0.512 e. The van der Waals surface area contributed by atoms with Gasteiger partial charge in [-0.2, -0.15) is 0 Å². The summed E-state index contributed by atoms with van der Waals surface area (Å²) in [5.74, 6) is -1.04. The minimum absolute atomic E-state index is 0.162. The largest absolute Gasteiger partial charge is 0.512 e. The van der Waals surface area contributed by atoms with E-state index in [1.54, 1.807) is 6.92 Å². The lowest BCUT2D eigenvalue weighted by atomic mass is 10.5. The van der Waals surface area contributed by atoms with Crippen LogP contribution < -0.4 is 0 Å². The van der Waals surface area contributed by atoms with E-state index in [9.17, 15) is 9.36 Å². The summed E-state index contributed by atoms with van der Waals surface area (Å²) >= 11 is 0. The Morgan fingerprint density at radius 2 is 2.36 bits per heavy atom. The van der Waals surface area contributed by atoms with Gasteiger partial charge in [0.1, 0.15) is 0 Å². The van der Waals surface area contributed by atoms with Gasteiger partial charge in [0.2, 0.25) is 0 Å². The van der Waals surface area contributed by atoms with Crippen LogP contribution in [0.4, 0.5) is 0 Å². The average Bonchev–Trinajstić information content (AvgIpc) is 1.87. The van der Waals surface area contributed by atoms with E-state index in [-0.39, 0.29) is 6.16 Å². The molecule has 0 rings (SSSR count). The van der Waals surface area contributed by atoms with Crippen molar-refractivity contribution in [2.45, 2.75) is 6.92 Å². The van der Waals surface area contributed by atoms with Crippen LogP contribution in [0.15, 0.2) is 12.2 Å². The molecule has 0 saturated heterocycles. The van der Waals surface area contributed by atoms with Gasteiger partial charge in [-0.05, 0) is 17.6 Å². The third-order valence-corrected chi connectivity index (χ3v) is 1.84. The van der Waals surface area contributed by atoms with E-state index in [1.165, 1.54) is 6.08 Å². The van der Waals surface area contributed by atoms with E-state index in [2.05, 4.69) is 4.52 Å². The second kappa shape index (κ2) is 6.01. The van der Waals surface area contributed by atoms with Crippen LogP contribution in [0, 0.1) is 0 Å². The highest BCUT2D eigenvalue weighted by Crippen LogP contribution is 2.20. The van der Waals surface area contributed by atoms with Gasteiger partial charge >= 0.3 is 14.0 Å². The number of allylic oxidation sites excluding steroid dienone is 1. The third-order valence-electron chi connectivity index (χ3n) is 0.788. The maximum atomic E-state index is 10.7. The zero-order valence-electron chi connectivity index (χ0n) is 6.19. The third kappa shape index (κ3) is 7.16. The molecule has 1 unspecified atom stereocenters. The summed E-state index contributed by atoms with van der Waals surface area (Å²) in [5, 5.41) is 8.13. The van der Waals surface area contributed by atoms with Crippen molar-refractivity contribution in [2.24, 2.45) is 0 Å². The van der Waals surface area contributed by atoms with E-state index in [4.69, 9.17) is 5.11 Å². The van der Waals surface area contributed by atoms with Crippen molar-refractivity contribution < 1.29 is 19.0 Å². The molecule has 0 radical (unpaired) electrons. The van der Waals surface area contributed by atoms with Gasteiger partial charge in [0, 0.05) is 6.08 Å². The molecule has 0 saturated carbocycles. The predicted molar refractivity (Wildman–Crippen MR) is 40.9 cm³/mol. The molecule has 11 heavy (non-hydrogen) atoms. The number of carboxylic acid groups (broad SMARTS) is 1. The molecule has 5 heteroatoms. The second-order valence-electron chi connectivity index (χ2n) is 1.67. The smallest absolute Gasteiger partial charge is 0.478 e. The standard InChI is InChI=1S/C6H9O4P/c1-2-10-11(9)5-3-4-6(7)8/h3-4H,2,5H2,1H3/p+1/b4-3+. The van der Waals surface area contributed by atoms with Gasteiger partial charge in [-0.1, -0.05) is 0 Å². The molecule has 0 aliphatic carbocycles. The molecule has 0 bridgehead atoms. The van der Waals surface area contributed by atoms with Gasteiger partial charge in [-0.25, -0.2) is 4.79 Å². The van der Waals surface area contributed by atoms with Crippen LogP contribution in [0.25, 0.3) is 0 Å². The summed E-state index contributed by atoms with van der Waals surface area (Å²) in [5.41, 5.74) is 0. The fourth-order valence-electron chi connectivity index (χ4n) is 0.436. The fraction of sp³-hybridized carbons (Fsp3) is 0.500. The zero-order valence-corrected chi connectivity index (χ0v) is 7.08. The Labute approximate surface area is 65.7 Å². The van der Waals surface area contributed by atoms with Gasteiger partial charge in [0.25, 0.3) is 0 Å². The van der Waals surface area contributed by atoms with Crippen LogP contribution in [-0.2, 0) is 13.9 Å². The first-order valence-electron chi connectivity index (χ1n) is 3.14. The van der Waals surface area contributed by atoms with Crippen LogP contribution in [0.3, 0.4) is 0 Å². The maximum absolute atomic E-state index is 10.7. The lowest BCUT2D eigenvalue weighted by Gasteiger charge is -1.79. The zero-order chi connectivity index (χ0) is 8.69. The van der Waals surface area contributed by atoms with Crippen molar-refractivity contribution in [1.29, 1.82) is 0 Å². The summed E-state index contributed by atoms with van der Waals surface area (Å²) in [6.07, 6.45) is 2.43. The summed E-state index contributed by atoms with van der Waals surface area (Å²) in [4.78, 5) is 9.92. The molecule has 0 aliphatic heterocycles. The van der Waals surface area contributed by atoms with Gasteiger partial charge < -0.3 is 5.11 Å². The monoisotopic (exact) mass is 177 g/mol. The molecule has 0 aromatic rings. The molecule has 0 amide bonds. The quantitative estimate of drug-likeness (QED) is 0.509. The van der Waals surface area contributed by atoms with E-state index < -0.39 is 14.0 Å². The van der Waals surface area contributed by atoms with E-state index >= 15 is 0 Å². The molecular weight excluding hydrogens is 167 g/mol. The second-order valence-corrected chi connectivity index (χ2v) is 2.96. The first-order chi connectivity index (χ1) is 5.16. The lowest BCUT2D eigenvalue weighted by Crippen LogP contribution is -1.87. The Balaban J connectivity index is 3.53. The highest BCUT2D eigenvalue weighted by molar-refractivity contribution is 7.39. The van der Waals surface area contributed by atoms with Gasteiger partial charge in [0.05, 0.1) is 6.61 Å². The number of carbonyl (C=O) groups is 1. The van der Waals surface area contributed by atoms with E-state index in [0.717, 1.165) is 6.08 Å². The topological polar surface area (TPSA) is 63.6 Å². The van der Waals surface area contributed by atoms with E-state index in [1.807, 2.05) is 0 Å². The molecule has 1 N–H and O–H groups in total. The number of aliphatic carboxylic acids is 1. The first kappa shape index (κ1) is 10.3. The Bertz CT molecular complexity index is 175. The molecule has 0 aliphatic rings. The molecular formula is C6H10O4P+. The Morgan fingerprint density at radius 1 is 1.73 bits per heavy atom. The Morgan fingerprint density at radius 3 is 2.82 bits per heavy atom. The average molecular weight is 177 g/mol. The highest BCUT2D eigenvalue weighted by atomic mass is 31.1. The van der Waals surface area contributed by atoms with Crippen molar-refractivity contribution in [1.82, 2.24) is 0 Å². The number of hydrogen-bond donors (Lipinski definition) is 1. The molecule has 0 heterocycles. The molecule has 0 aromatic carbocycles. The minimum Gasteiger partial charge on any atom is -0.478 e. The molecule has 0 spiro atoms. The van der Waals surface area contributed by atoms with Gasteiger partial charge in [0.15, 0.2) is 6.16 Å². The lowest BCUT2D eigenvalue weighted by molar-refractivity contribution is -0.131. The fourth-order valence-corrected chi connectivity index (χ4v) is 1.11. The Kier molecular flexibility index (Phi) is 5.61. The molecule has 62 valence electrons. The Hall–Kier alpha value is -0.730. The first-order valence-corrected chi connectivity index (χ1v) is 4.50. The normalized spacial score (nSPS) is 11.9. The highest BCUT2D eigenvalue weighted by Gasteiger charge is 2.12. The summed E-state index contributed by atoms with van der Waals surface area (Å²) in [6, 6.07) is 0. The van der Waals surface area contributed by atoms with Gasteiger partial charge in [-0.15, -0.1) is 4.52 Å². The van der Waals surface area contributed by atoms with Crippen molar-refractivity contribution in [3.05, 3.63) is 12.2 Å². The predicted octanol–water partition coefficient (Wildman–Crippen LogP) is 1.41. The minimum atomic E-state index is -1.71. The van der Waals surface area contributed by atoms with Gasteiger partial charge in [-0.3, -0.25) is 0 Å². The van der Waals surface area contributed by atoms with Crippen LogP contribution in [0.2, 0.25) is 0 Å². The molecule has 1 atom stereocenters. The SMILES string of the molecule is CCO[P+](=O)C/C=C/C(=O)O. The number of hydrogen-bond acceptors (Lipinski definition) is 3. The van der Waals surface area contributed by atoms with Crippen molar-refractivity contribution in [3.8, 4) is 0 Å². The van der Waals surface area contributed by atoms with Crippen LogP contribution >= 0.6 is 8.03 Å². The summed E-state index contributed by atoms with van der Waals surface area (Å²) in [6.45, 7) is 2.12. The van der Waals surface area contributed by atoms with Crippen molar-refractivity contribution in [2.75, 3.05) is 12.8 Å². The molecule has 0 fully saturated rings. The van der Waals surface area contributed by atoms with Crippen molar-refractivity contribution in [3.63, 3.8) is 0 Å².